The lowest BCUT2D eigenvalue weighted by molar-refractivity contribution is 0.475. The summed E-state index contributed by atoms with van der Waals surface area (Å²) in [6.45, 7) is 0. The molecule has 4 rings (SSSR count). The second-order valence-electron chi connectivity index (χ2n) is 5.56. The van der Waals surface area contributed by atoms with Crippen molar-refractivity contribution in [2.24, 2.45) is 5.10 Å². The fourth-order valence-corrected chi connectivity index (χ4v) is 2.79. The Bertz CT molecular complexity index is 1250. The third-order valence-corrected chi connectivity index (χ3v) is 4.03. The van der Waals surface area contributed by atoms with Crippen LogP contribution in [-0.2, 0) is 0 Å². The van der Waals surface area contributed by atoms with Crippen LogP contribution < -0.4 is 11.2 Å². The second kappa shape index (κ2) is 5.76. The molecule has 0 unspecified atom stereocenters. The zero-order chi connectivity index (χ0) is 17.4. The lowest BCUT2D eigenvalue weighted by Crippen LogP contribution is -2.32. The van der Waals surface area contributed by atoms with Gasteiger partial charge in [0, 0.05) is 5.56 Å². The first-order valence-corrected chi connectivity index (χ1v) is 7.64. The highest BCUT2D eigenvalue weighted by atomic mass is 16.3. The maximum absolute atomic E-state index is 12.5. The van der Waals surface area contributed by atoms with E-state index < -0.39 is 11.2 Å². The Morgan fingerprint density at radius 2 is 1.64 bits per heavy atom. The zero-order valence-electron chi connectivity index (χ0n) is 13.0. The summed E-state index contributed by atoms with van der Waals surface area (Å²) >= 11 is 0. The predicted molar refractivity (Wildman–Crippen MR) is 97.4 cm³/mol. The van der Waals surface area contributed by atoms with Crippen LogP contribution in [0.3, 0.4) is 0 Å². The molecule has 0 saturated heterocycles. The number of aromatic hydroxyl groups is 1. The smallest absolute Gasteiger partial charge is 0.349 e. The number of fused-ring (bicyclic) bond motifs is 2. The Hall–Kier alpha value is -3.67. The molecule has 3 aromatic carbocycles. The van der Waals surface area contributed by atoms with E-state index in [-0.39, 0.29) is 5.75 Å². The lowest BCUT2D eigenvalue weighted by atomic mass is 10.0. The maximum Gasteiger partial charge on any atom is 0.349 e. The van der Waals surface area contributed by atoms with E-state index in [4.69, 9.17) is 0 Å². The van der Waals surface area contributed by atoms with Gasteiger partial charge < -0.3 is 10.1 Å². The van der Waals surface area contributed by atoms with Gasteiger partial charge >= 0.3 is 5.69 Å². The first kappa shape index (κ1) is 14.9. The van der Waals surface area contributed by atoms with E-state index in [9.17, 15) is 14.7 Å². The molecule has 1 aromatic heterocycles. The molecule has 122 valence electrons. The fraction of sp³-hybridized carbons (Fsp3) is 0. The number of phenols is 1. The van der Waals surface area contributed by atoms with Gasteiger partial charge in [-0.05, 0) is 29.0 Å². The Morgan fingerprint density at radius 3 is 2.48 bits per heavy atom. The number of benzene rings is 3. The van der Waals surface area contributed by atoms with Crippen molar-refractivity contribution >= 4 is 27.9 Å². The molecule has 0 radical (unpaired) electrons. The molecule has 6 heteroatoms. The molecule has 0 spiro atoms. The van der Waals surface area contributed by atoms with E-state index in [0.717, 1.165) is 15.4 Å². The van der Waals surface area contributed by atoms with Crippen LogP contribution in [0, 0.1) is 0 Å². The van der Waals surface area contributed by atoms with Gasteiger partial charge in [-0.15, -0.1) is 4.68 Å². The molecule has 0 saturated carbocycles. The van der Waals surface area contributed by atoms with Crippen LogP contribution in [0.15, 0.2) is 75.4 Å². The summed E-state index contributed by atoms with van der Waals surface area (Å²) in [5.74, 6) is 0.0210. The number of rotatable bonds is 2. The molecule has 0 aliphatic rings. The Labute approximate surface area is 141 Å². The summed E-state index contributed by atoms with van der Waals surface area (Å²) in [7, 11) is 0. The first-order chi connectivity index (χ1) is 12.1. The number of H-pyrrole nitrogens is 1. The van der Waals surface area contributed by atoms with E-state index in [1.165, 1.54) is 6.21 Å². The van der Waals surface area contributed by atoms with Crippen LogP contribution in [0.5, 0.6) is 5.75 Å². The van der Waals surface area contributed by atoms with Crippen LogP contribution in [0.1, 0.15) is 5.56 Å². The summed E-state index contributed by atoms with van der Waals surface area (Å²) in [5.41, 5.74) is -0.260. The minimum Gasteiger partial charge on any atom is -0.507 e. The van der Waals surface area contributed by atoms with Crippen LogP contribution in [0.25, 0.3) is 21.7 Å². The number of para-hydroxylation sites is 1. The maximum atomic E-state index is 12.5. The van der Waals surface area contributed by atoms with Gasteiger partial charge in [0.15, 0.2) is 0 Å². The Balaban J connectivity index is 1.92. The number of nitrogens with zero attached hydrogens (tertiary/aromatic N) is 2. The van der Waals surface area contributed by atoms with E-state index in [0.29, 0.717) is 16.5 Å². The molecule has 6 nitrogen and oxygen atoms in total. The van der Waals surface area contributed by atoms with E-state index in [1.54, 1.807) is 36.4 Å². The number of phenolic OH excluding ortho intramolecular Hbond substituents is 1. The van der Waals surface area contributed by atoms with Gasteiger partial charge in [-0.3, -0.25) is 4.79 Å². The number of aromatic amines is 1. The highest BCUT2D eigenvalue weighted by molar-refractivity contribution is 6.02. The fourth-order valence-electron chi connectivity index (χ4n) is 2.79. The van der Waals surface area contributed by atoms with Crippen molar-refractivity contribution in [1.82, 2.24) is 9.66 Å². The molecule has 2 N–H and O–H groups in total. The zero-order valence-corrected chi connectivity index (χ0v) is 13.0. The minimum atomic E-state index is -0.639. The second-order valence-corrected chi connectivity index (χ2v) is 5.56. The number of hydrogen-bond acceptors (Lipinski definition) is 4. The van der Waals surface area contributed by atoms with E-state index in [1.807, 2.05) is 24.3 Å². The standard InChI is InChI=1S/C19H13N3O3/c23-17-10-9-12-5-1-2-6-13(12)15(17)11-20-22-18(24)14-7-3-4-8-16(14)21-19(22)25/h1-11,23H,(H,21,25)/b20-11-. The van der Waals surface area contributed by atoms with Gasteiger partial charge in [0.1, 0.15) is 5.75 Å². The van der Waals surface area contributed by atoms with Gasteiger partial charge in [0.2, 0.25) is 0 Å². The van der Waals surface area contributed by atoms with Crippen LogP contribution in [-0.4, -0.2) is 21.0 Å². The molecular formula is C19H13N3O3. The molecule has 0 fully saturated rings. The largest absolute Gasteiger partial charge is 0.507 e. The van der Waals surface area contributed by atoms with Crippen molar-refractivity contribution in [3.63, 3.8) is 0 Å². The van der Waals surface area contributed by atoms with Gasteiger partial charge in [0.25, 0.3) is 5.56 Å². The van der Waals surface area contributed by atoms with Gasteiger partial charge in [0.05, 0.1) is 17.1 Å². The molecule has 0 amide bonds. The van der Waals surface area contributed by atoms with Gasteiger partial charge in [-0.1, -0.05) is 42.5 Å². The molecule has 0 aliphatic carbocycles. The summed E-state index contributed by atoms with van der Waals surface area (Å²) in [5, 5.41) is 16.2. The molecule has 4 aromatic rings. The quantitative estimate of drug-likeness (QED) is 0.553. The average molecular weight is 331 g/mol. The van der Waals surface area contributed by atoms with Crippen molar-refractivity contribution in [2.75, 3.05) is 0 Å². The van der Waals surface area contributed by atoms with Crippen molar-refractivity contribution in [3.05, 3.63) is 87.1 Å². The average Bonchev–Trinajstić information content (AvgIpc) is 2.63. The SMILES string of the molecule is O=c1[nH]c2ccccc2c(=O)n1/N=C\c1c(O)ccc2ccccc12. The van der Waals surface area contributed by atoms with E-state index in [2.05, 4.69) is 10.1 Å². The third kappa shape index (κ3) is 2.49. The van der Waals surface area contributed by atoms with Crippen LogP contribution in [0.4, 0.5) is 0 Å². The third-order valence-electron chi connectivity index (χ3n) is 4.03. The van der Waals surface area contributed by atoms with E-state index >= 15 is 0 Å². The molecular weight excluding hydrogens is 318 g/mol. The lowest BCUT2D eigenvalue weighted by Gasteiger charge is -2.05. The Morgan fingerprint density at radius 1 is 0.920 bits per heavy atom. The normalized spacial score (nSPS) is 11.5. The summed E-state index contributed by atoms with van der Waals surface area (Å²) in [6, 6.07) is 17.5. The molecule has 1 heterocycles. The summed E-state index contributed by atoms with van der Waals surface area (Å²) < 4.78 is 0.754. The van der Waals surface area contributed by atoms with Crippen LogP contribution >= 0.6 is 0 Å². The summed E-state index contributed by atoms with van der Waals surface area (Å²) in [6.07, 6.45) is 1.32. The van der Waals surface area contributed by atoms with Crippen molar-refractivity contribution in [1.29, 1.82) is 0 Å². The highest BCUT2D eigenvalue weighted by Crippen LogP contribution is 2.25. The predicted octanol–water partition coefficient (Wildman–Crippen LogP) is 2.43. The van der Waals surface area contributed by atoms with Crippen molar-refractivity contribution in [2.45, 2.75) is 0 Å². The minimum absolute atomic E-state index is 0.0210. The van der Waals surface area contributed by atoms with Crippen molar-refractivity contribution < 1.29 is 5.11 Å². The first-order valence-electron chi connectivity index (χ1n) is 7.64. The summed E-state index contributed by atoms with van der Waals surface area (Å²) in [4.78, 5) is 27.3. The highest BCUT2D eigenvalue weighted by Gasteiger charge is 2.08. The van der Waals surface area contributed by atoms with Gasteiger partial charge in [-0.25, -0.2) is 4.79 Å². The van der Waals surface area contributed by atoms with Crippen molar-refractivity contribution in [3.8, 4) is 5.75 Å². The number of nitrogens with one attached hydrogen (secondary N) is 1. The topological polar surface area (TPSA) is 87.5 Å². The number of aromatic nitrogens is 2. The molecule has 0 bridgehead atoms. The van der Waals surface area contributed by atoms with Crippen LogP contribution in [0.2, 0.25) is 0 Å². The monoisotopic (exact) mass is 331 g/mol. The number of hydrogen-bond donors (Lipinski definition) is 2. The molecule has 25 heavy (non-hydrogen) atoms. The molecule has 0 aliphatic heterocycles. The van der Waals surface area contributed by atoms with Gasteiger partial charge in [-0.2, -0.15) is 5.10 Å². The Kier molecular flexibility index (Phi) is 3.43. The molecule has 0 atom stereocenters.